The number of ether oxygens (including phenoxy) is 2. The zero-order chi connectivity index (χ0) is 25.6. The van der Waals surface area contributed by atoms with Crippen molar-refractivity contribution in [3.63, 3.8) is 0 Å². The second kappa shape index (κ2) is 9.16. The SMILES string of the molecule is O=C(CSc1ncc2c(n1)-c1ccccc1N(Cc1cccc(F)c1)S2(=O)=O)c1ccc2c(c1)OCO2. The molecule has 0 amide bonds. The number of para-hydroxylation sites is 1. The number of aromatic nitrogens is 2. The zero-order valence-electron chi connectivity index (χ0n) is 19.1. The summed E-state index contributed by atoms with van der Waals surface area (Å²) in [5.74, 6) is 0.567. The number of ketones is 1. The number of rotatable bonds is 6. The van der Waals surface area contributed by atoms with Crippen LogP contribution in [0, 0.1) is 5.82 Å². The van der Waals surface area contributed by atoms with Crippen LogP contribution in [-0.2, 0) is 16.6 Å². The standard InChI is InChI=1S/C26H18FN3O5S2/c27-18-5-3-4-16(10-18)13-30-20-7-2-1-6-19(20)25-24(37(30,32)33)12-28-26(29-25)36-14-21(31)17-8-9-22-23(11-17)35-15-34-22/h1-12H,13-15H2. The van der Waals surface area contributed by atoms with E-state index in [4.69, 9.17) is 9.47 Å². The molecule has 37 heavy (non-hydrogen) atoms. The first-order valence-corrected chi connectivity index (χ1v) is 13.6. The maximum Gasteiger partial charge on any atom is 0.268 e. The molecule has 0 atom stereocenters. The van der Waals surface area contributed by atoms with Gasteiger partial charge in [-0.3, -0.25) is 9.10 Å². The number of halogens is 1. The fourth-order valence-electron chi connectivity index (χ4n) is 4.20. The quantitative estimate of drug-likeness (QED) is 0.199. The molecule has 186 valence electrons. The molecule has 0 bridgehead atoms. The summed E-state index contributed by atoms with van der Waals surface area (Å²) in [5, 5.41) is 0.274. The first kappa shape index (κ1) is 23.4. The second-order valence-electron chi connectivity index (χ2n) is 8.30. The third kappa shape index (κ3) is 4.30. The van der Waals surface area contributed by atoms with Crippen molar-refractivity contribution in [1.82, 2.24) is 9.97 Å². The number of carbonyl (C=O) groups is 1. The van der Waals surface area contributed by atoms with E-state index in [0.29, 0.717) is 33.9 Å². The Morgan fingerprint density at radius 2 is 1.86 bits per heavy atom. The second-order valence-corrected chi connectivity index (χ2v) is 11.1. The zero-order valence-corrected chi connectivity index (χ0v) is 20.8. The monoisotopic (exact) mass is 535 g/mol. The molecule has 0 saturated heterocycles. The lowest BCUT2D eigenvalue weighted by Crippen LogP contribution is -2.34. The van der Waals surface area contributed by atoms with Gasteiger partial charge in [-0.2, -0.15) is 0 Å². The van der Waals surface area contributed by atoms with Gasteiger partial charge in [0, 0.05) is 11.1 Å². The lowest BCUT2D eigenvalue weighted by molar-refractivity contribution is 0.102. The summed E-state index contributed by atoms with van der Waals surface area (Å²) in [7, 11) is -4.02. The molecule has 8 nitrogen and oxygen atoms in total. The highest BCUT2D eigenvalue weighted by Gasteiger charge is 2.36. The van der Waals surface area contributed by atoms with E-state index in [-0.39, 0.29) is 40.6 Å². The average Bonchev–Trinajstić information content (AvgIpc) is 3.38. The Hall–Kier alpha value is -3.96. The normalized spacial score (nSPS) is 14.7. The fraction of sp³-hybridized carbons (Fsp3) is 0.115. The summed E-state index contributed by atoms with van der Waals surface area (Å²) in [4.78, 5) is 21.4. The topological polar surface area (TPSA) is 98.7 Å². The highest BCUT2D eigenvalue weighted by Crippen LogP contribution is 2.43. The number of anilines is 1. The van der Waals surface area contributed by atoms with Gasteiger partial charge in [-0.05, 0) is 42.0 Å². The van der Waals surface area contributed by atoms with E-state index in [1.807, 2.05) is 0 Å². The van der Waals surface area contributed by atoms with Gasteiger partial charge in [0.1, 0.15) is 10.7 Å². The van der Waals surface area contributed by atoms with E-state index in [9.17, 15) is 17.6 Å². The third-order valence-electron chi connectivity index (χ3n) is 5.97. The van der Waals surface area contributed by atoms with Crippen molar-refractivity contribution in [2.45, 2.75) is 16.6 Å². The molecule has 0 fully saturated rings. The number of hydrogen-bond acceptors (Lipinski definition) is 8. The van der Waals surface area contributed by atoms with Crippen molar-refractivity contribution < 1.29 is 27.1 Å². The molecule has 0 N–H and O–H groups in total. The molecular weight excluding hydrogens is 517 g/mol. The Morgan fingerprint density at radius 3 is 2.73 bits per heavy atom. The van der Waals surface area contributed by atoms with Gasteiger partial charge in [-0.15, -0.1) is 0 Å². The fourth-order valence-corrected chi connectivity index (χ4v) is 6.47. The Kier molecular flexibility index (Phi) is 5.81. The molecule has 0 unspecified atom stereocenters. The number of carbonyl (C=O) groups excluding carboxylic acids is 1. The van der Waals surface area contributed by atoms with Crippen molar-refractivity contribution in [3.8, 4) is 22.8 Å². The Balaban J connectivity index is 1.29. The predicted octanol–water partition coefficient (Wildman–Crippen LogP) is 4.70. The predicted molar refractivity (Wildman–Crippen MR) is 135 cm³/mol. The third-order valence-corrected chi connectivity index (χ3v) is 8.59. The van der Waals surface area contributed by atoms with Gasteiger partial charge < -0.3 is 9.47 Å². The summed E-state index contributed by atoms with van der Waals surface area (Å²) >= 11 is 1.12. The van der Waals surface area contributed by atoms with Gasteiger partial charge in [-0.25, -0.2) is 22.8 Å². The number of benzene rings is 3. The van der Waals surface area contributed by atoms with Crippen molar-refractivity contribution in [1.29, 1.82) is 0 Å². The average molecular weight is 536 g/mol. The van der Waals surface area contributed by atoms with Gasteiger partial charge in [-0.1, -0.05) is 42.1 Å². The van der Waals surface area contributed by atoms with Crippen LogP contribution < -0.4 is 13.8 Å². The Labute approximate surface area is 216 Å². The van der Waals surface area contributed by atoms with Crippen LogP contribution in [0.4, 0.5) is 10.1 Å². The molecule has 0 saturated carbocycles. The van der Waals surface area contributed by atoms with Crippen LogP contribution >= 0.6 is 11.8 Å². The Morgan fingerprint density at radius 1 is 1.03 bits per heavy atom. The molecule has 0 spiro atoms. The van der Waals surface area contributed by atoms with Crippen LogP contribution in [0.15, 0.2) is 83.0 Å². The molecule has 11 heteroatoms. The first-order chi connectivity index (χ1) is 17.9. The van der Waals surface area contributed by atoms with Crippen LogP contribution in [-0.4, -0.2) is 36.7 Å². The first-order valence-electron chi connectivity index (χ1n) is 11.2. The van der Waals surface area contributed by atoms with E-state index >= 15 is 0 Å². The number of Topliss-reactive ketones (excluding diaryl/α,β-unsaturated/α-hetero) is 1. The van der Waals surface area contributed by atoms with Gasteiger partial charge in [0.15, 0.2) is 22.4 Å². The Bertz CT molecular complexity index is 1660. The van der Waals surface area contributed by atoms with Crippen molar-refractivity contribution in [3.05, 3.63) is 89.9 Å². The van der Waals surface area contributed by atoms with Crippen LogP contribution in [0.2, 0.25) is 0 Å². The maximum absolute atomic E-state index is 13.8. The molecule has 1 aromatic heterocycles. The molecule has 4 aromatic rings. The summed E-state index contributed by atoms with van der Waals surface area (Å²) in [6.07, 6.45) is 1.26. The minimum Gasteiger partial charge on any atom is -0.454 e. The summed E-state index contributed by atoms with van der Waals surface area (Å²) < 4.78 is 52.8. The van der Waals surface area contributed by atoms with E-state index in [0.717, 1.165) is 11.8 Å². The number of thioether (sulfide) groups is 1. The molecule has 3 aromatic carbocycles. The molecule has 0 aliphatic carbocycles. The molecular formula is C26H18FN3O5S2. The van der Waals surface area contributed by atoms with Gasteiger partial charge in [0.2, 0.25) is 6.79 Å². The van der Waals surface area contributed by atoms with Gasteiger partial charge >= 0.3 is 0 Å². The summed E-state index contributed by atoms with van der Waals surface area (Å²) in [6.45, 7) is 0.0752. The summed E-state index contributed by atoms with van der Waals surface area (Å²) in [6, 6.07) is 17.8. The molecule has 3 heterocycles. The van der Waals surface area contributed by atoms with Crippen LogP contribution in [0.1, 0.15) is 15.9 Å². The largest absolute Gasteiger partial charge is 0.454 e. The van der Waals surface area contributed by atoms with Crippen LogP contribution in [0.25, 0.3) is 11.3 Å². The van der Waals surface area contributed by atoms with Crippen LogP contribution in [0.3, 0.4) is 0 Å². The van der Waals surface area contributed by atoms with Crippen molar-refractivity contribution in [2.24, 2.45) is 0 Å². The summed E-state index contributed by atoms with van der Waals surface area (Å²) in [5.41, 5.74) is 2.28. The van der Waals surface area contributed by atoms with Gasteiger partial charge in [0.05, 0.1) is 29.9 Å². The van der Waals surface area contributed by atoms with E-state index in [2.05, 4.69) is 9.97 Å². The number of hydrogen-bond donors (Lipinski definition) is 0. The van der Waals surface area contributed by atoms with E-state index in [1.165, 1.54) is 22.6 Å². The number of sulfonamides is 1. The lowest BCUT2D eigenvalue weighted by atomic mass is 10.1. The van der Waals surface area contributed by atoms with E-state index in [1.54, 1.807) is 54.6 Å². The highest BCUT2D eigenvalue weighted by molar-refractivity contribution is 7.99. The molecule has 2 aliphatic heterocycles. The minimum absolute atomic E-state index is 0.0446. The van der Waals surface area contributed by atoms with Crippen molar-refractivity contribution >= 4 is 33.3 Å². The lowest BCUT2D eigenvalue weighted by Gasteiger charge is -2.31. The highest BCUT2D eigenvalue weighted by atomic mass is 32.2. The maximum atomic E-state index is 13.8. The van der Waals surface area contributed by atoms with Crippen molar-refractivity contribution in [2.75, 3.05) is 16.9 Å². The molecule has 2 aliphatic rings. The van der Waals surface area contributed by atoms with E-state index < -0.39 is 15.8 Å². The number of nitrogens with zero attached hydrogens (tertiary/aromatic N) is 3. The smallest absolute Gasteiger partial charge is 0.268 e. The van der Waals surface area contributed by atoms with Gasteiger partial charge in [0.25, 0.3) is 10.0 Å². The van der Waals surface area contributed by atoms with Crippen LogP contribution in [0.5, 0.6) is 11.5 Å². The molecule has 0 radical (unpaired) electrons. The number of fused-ring (bicyclic) bond motifs is 4. The minimum atomic E-state index is -4.02. The molecule has 6 rings (SSSR count).